The quantitative estimate of drug-likeness (QED) is 0.568. The van der Waals surface area contributed by atoms with Gasteiger partial charge in [0.25, 0.3) is 0 Å². The lowest BCUT2D eigenvalue weighted by molar-refractivity contribution is -0.121. The molecule has 1 nitrogen and oxygen atoms in total. The van der Waals surface area contributed by atoms with E-state index in [0.717, 1.165) is 25.7 Å². The second kappa shape index (κ2) is 4.32. The molecular weight excluding hydrogens is 136 g/mol. The first kappa shape index (κ1) is 8.51. The molecule has 0 N–H and O–H groups in total. The van der Waals surface area contributed by atoms with Crippen LogP contribution in [0, 0.1) is 5.92 Å². The predicted molar refractivity (Wildman–Crippen MR) is 46.4 cm³/mol. The Hall–Kier alpha value is -0.590. The molecule has 0 bridgehead atoms. The van der Waals surface area contributed by atoms with Crippen LogP contribution in [0.3, 0.4) is 0 Å². The fourth-order valence-corrected chi connectivity index (χ4v) is 1.51. The van der Waals surface area contributed by atoms with Gasteiger partial charge in [-0.3, -0.25) is 4.79 Å². The molecule has 1 aliphatic carbocycles. The summed E-state index contributed by atoms with van der Waals surface area (Å²) >= 11 is 0. The highest BCUT2D eigenvalue weighted by Crippen LogP contribution is 2.19. The Morgan fingerprint density at radius 3 is 3.00 bits per heavy atom. The third-order valence-electron chi connectivity index (χ3n) is 2.16. The van der Waals surface area contributed by atoms with Gasteiger partial charge in [0.05, 0.1) is 0 Å². The lowest BCUT2D eigenvalue weighted by Gasteiger charge is -2.13. The number of carbonyl (C=O) groups is 1. The molecule has 0 aliphatic heterocycles. The van der Waals surface area contributed by atoms with Crippen molar-refractivity contribution < 1.29 is 4.79 Å². The van der Waals surface area contributed by atoms with Crippen LogP contribution in [0.2, 0.25) is 0 Å². The summed E-state index contributed by atoms with van der Waals surface area (Å²) in [6.07, 6.45) is 9.41. The zero-order valence-corrected chi connectivity index (χ0v) is 7.18. The van der Waals surface area contributed by atoms with Crippen LogP contribution in [-0.4, -0.2) is 5.78 Å². The Bertz CT molecular complexity index is 158. The lowest BCUT2D eigenvalue weighted by Crippen LogP contribution is -2.13. The number of allylic oxidation sites excluding steroid dienone is 2. The van der Waals surface area contributed by atoms with Gasteiger partial charge in [0.15, 0.2) is 0 Å². The molecule has 1 unspecified atom stereocenters. The van der Waals surface area contributed by atoms with Crippen molar-refractivity contribution in [3.8, 4) is 0 Å². The van der Waals surface area contributed by atoms with Gasteiger partial charge in [-0.25, -0.2) is 0 Å². The highest BCUT2D eigenvalue weighted by molar-refractivity contribution is 5.82. The van der Waals surface area contributed by atoms with Gasteiger partial charge in [0.1, 0.15) is 5.78 Å². The monoisotopic (exact) mass is 152 g/mol. The number of Topliss-reactive ketones (excluding diaryl/α,β-unsaturated/α-hetero) is 1. The van der Waals surface area contributed by atoms with Gasteiger partial charge in [0, 0.05) is 12.3 Å². The lowest BCUT2D eigenvalue weighted by atomic mass is 9.90. The third kappa shape index (κ3) is 2.49. The number of rotatable bonds is 3. The van der Waals surface area contributed by atoms with Crippen LogP contribution in [0.15, 0.2) is 12.2 Å². The number of ketones is 1. The molecule has 11 heavy (non-hydrogen) atoms. The molecule has 0 fully saturated rings. The number of hydrogen-bond donors (Lipinski definition) is 0. The van der Waals surface area contributed by atoms with E-state index in [2.05, 4.69) is 19.1 Å². The zero-order chi connectivity index (χ0) is 8.10. The second-order valence-corrected chi connectivity index (χ2v) is 3.18. The van der Waals surface area contributed by atoms with Crippen molar-refractivity contribution in [1.82, 2.24) is 0 Å². The minimum Gasteiger partial charge on any atom is -0.299 e. The normalized spacial score (nSPS) is 23.5. The zero-order valence-electron chi connectivity index (χ0n) is 7.18. The molecule has 1 heteroatoms. The van der Waals surface area contributed by atoms with Gasteiger partial charge >= 0.3 is 0 Å². The van der Waals surface area contributed by atoms with E-state index in [1.165, 1.54) is 6.42 Å². The summed E-state index contributed by atoms with van der Waals surface area (Å²) < 4.78 is 0. The van der Waals surface area contributed by atoms with Gasteiger partial charge in [-0.2, -0.15) is 0 Å². The van der Waals surface area contributed by atoms with Gasteiger partial charge in [-0.05, 0) is 25.7 Å². The SMILES string of the molecule is CCCC(=O)C1C=CCCC1. The maximum absolute atomic E-state index is 11.3. The minimum absolute atomic E-state index is 0.253. The van der Waals surface area contributed by atoms with Crippen molar-refractivity contribution in [3.05, 3.63) is 12.2 Å². The molecule has 0 spiro atoms. The van der Waals surface area contributed by atoms with E-state index >= 15 is 0 Å². The van der Waals surface area contributed by atoms with Crippen LogP contribution in [0.5, 0.6) is 0 Å². The van der Waals surface area contributed by atoms with E-state index in [0.29, 0.717) is 5.78 Å². The Kier molecular flexibility index (Phi) is 3.34. The van der Waals surface area contributed by atoms with Crippen molar-refractivity contribution in [2.75, 3.05) is 0 Å². The smallest absolute Gasteiger partial charge is 0.139 e. The molecule has 0 aromatic carbocycles. The molecule has 0 aromatic rings. The van der Waals surface area contributed by atoms with E-state index in [9.17, 15) is 4.79 Å². The summed E-state index contributed by atoms with van der Waals surface area (Å²) in [5.74, 6) is 0.687. The summed E-state index contributed by atoms with van der Waals surface area (Å²) in [5.41, 5.74) is 0. The van der Waals surface area contributed by atoms with Crippen molar-refractivity contribution in [3.63, 3.8) is 0 Å². The molecule has 0 aromatic heterocycles. The van der Waals surface area contributed by atoms with Crippen LogP contribution in [-0.2, 0) is 4.79 Å². The van der Waals surface area contributed by atoms with Gasteiger partial charge in [0.2, 0.25) is 0 Å². The number of hydrogen-bond acceptors (Lipinski definition) is 1. The van der Waals surface area contributed by atoms with Crippen LogP contribution in [0.4, 0.5) is 0 Å². The first-order chi connectivity index (χ1) is 5.34. The predicted octanol–water partition coefficient (Wildman–Crippen LogP) is 2.71. The Morgan fingerprint density at radius 1 is 1.64 bits per heavy atom. The average Bonchev–Trinajstić information content (AvgIpc) is 2.07. The Morgan fingerprint density at radius 2 is 2.45 bits per heavy atom. The fourth-order valence-electron chi connectivity index (χ4n) is 1.51. The molecule has 0 saturated heterocycles. The molecule has 1 aliphatic rings. The molecule has 1 atom stereocenters. The standard InChI is InChI=1S/C10H16O/c1-2-6-10(11)9-7-4-3-5-8-9/h4,7,9H,2-3,5-6,8H2,1H3. The van der Waals surface area contributed by atoms with Gasteiger partial charge in [-0.15, -0.1) is 0 Å². The molecule has 62 valence electrons. The first-order valence-electron chi connectivity index (χ1n) is 4.54. The minimum atomic E-state index is 0.253. The largest absolute Gasteiger partial charge is 0.299 e. The molecule has 0 radical (unpaired) electrons. The average molecular weight is 152 g/mol. The molecular formula is C10H16O. The van der Waals surface area contributed by atoms with E-state index in [-0.39, 0.29) is 5.92 Å². The van der Waals surface area contributed by atoms with Gasteiger partial charge < -0.3 is 0 Å². The number of carbonyl (C=O) groups excluding carboxylic acids is 1. The highest BCUT2D eigenvalue weighted by atomic mass is 16.1. The maximum atomic E-state index is 11.3. The fraction of sp³-hybridized carbons (Fsp3) is 0.700. The Balaban J connectivity index is 2.39. The van der Waals surface area contributed by atoms with Crippen LogP contribution in [0.25, 0.3) is 0 Å². The summed E-state index contributed by atoms with van der Waals surface area (Å²) in [6, 6.07) is 0. The Labute approximate surface area is 68.5 Å². The van der Waals surface area contributed by atoms with Crippen molar-refractivity contribution in [2.45, 2.75) is 39.0 Å². The highest BCUT2D eigenvalue weighted by Gasteiger charge is 2.15. The summed E-state index contributed by atoms with van der Waals surface area (Å²) in [7, 11) is 0. The third-order valence-corrected chi connectivity index (χ3v) is 2.16. The molecule has 1 rings (SSSR count). The van der Waals surface area contributed by atoms with Gasteiger partial charge in [-0.1, -0.05) is 19.1 Å². The summed E-state index contributed by atoms with van der Waals surface area (Å²) in [4.78, 5) is 11.3. The van der Waals surface area contributed by atoms with E-state index in [1.54, 1.807) is 0 Å². The van der Waals surface area contributed by atoms with E-state index in [1.807, 2.05) is 0 Å². The second-order valence-electron chi connectivity index (χ2n) is 3.18. The molecule has 0 saturated carbocycles. The summed E-state index contributed by atoms with van der Waals surface area (Å²) in [5, 5.41) is 0. The van der Waals surface area contributed by atoms with Crippen molar-refractivity contribution in [2.24, 2.45) is 5.92 Å². The van der Waals surface area contributed by atoms with E-state index in [4.69, 9.17) is 0 Å². The van der Waals surface area contributed by atoms with Crippen LogP contribution < -0.4 is 0 Å². The van der Waals surface area contributed by atoms with Crippen molar-refractivity contribution >= 4 is 5.78 Å². The molecule has 0 amide bonds. The van der Waals surface area contributed by atoms with E-state index < -0.39 is 0 Å². The molecule has 0 heterocycles. The van der Waals surface area contributed by atoms with Crippen LogP contribution >= 0.6 is 0 Å². The maximum Gasteiger partial charge on any atom is 0.139 e. The first-order valence-corrected chi connectivity index (χ1v) is 4.54. The summed E-state index contributed by atoms with van der Waals surface area (Å²) in [6.45, 7) is 2.06. The van der Waals surface area contributed by atoms with Crippen LogP contribution in [0.1, 0.15) is 39.0 Å². The van der Waals surface area contributed by atoms with Crippen molar-refractivity contribution in [1.29, 1.82) is 0 Å². The topological polar surface area (TPSA) is 17.1 Å².